The van der Waals surface area contributed by atoms with Crippen molar-refractivity contribution in [2.75, 3.05) is 7.11 Å². The average molecular weight is 459 g/mol. The van der Waals surface area contributed by atoms with E-state index < -0.39 is 15.1 Å². The molecule has 0 aliphatic carbocycles. The molecule has 0 saturated heterocycles. The molecular formula is C27H38O4S. The number of benzene rings is 1. The van der Waals surface area contributed by atoms with Gasteiger partial charge in [-0.05, 0) is 78.9 Å². The Morgan fingerprint density at radius 1 is 0.906 bits per heavy atom. The molecule has 1 aromatic rings. The SMILES string of the molecule is COC(=O)C=C(C)CCC=C(C)CC(C=C(C)CCC=C(C)C)S(=O)(=O)c1ccccc1. The highest BCUT2D eigenvalue weighted by atomic mass is 32.2. The second kappa shape index (κ2) is 13.9. The fourth-order valence-corrected chi connectivity index (χ4v) is 5.09. The number of sulfone groups is 1. The van der Waals surface area contributed by atoms with Gasteiger partial charge in [-0.2, -0.15) is 0 Å². The molecule has 0 amide bonds. The van der Waals surface area contributed by atoms with Crippen LogP contribution >= 0.6 is 0 Å². The molecule has 5 heteroatoms. The first-order valence-electron chi connectivity index (χ1n) is 11.1. The van der Waals surface area contributed by atoms with Crippen molar-refractivity contribution in [2.24, 2.45) is 0 Å². The Labute approximate surface area is 194 Å². The summed E-state index contributed by atoms with van der Waals surface area (Å²) in [6, 6.07) is 8.66. The van der Waals surface area contributed by atoms with Gasteiger partial charge < -0.3 is 4.74 Å². The predicted octanol–water partition coefficient (Wildman–Crippen LogP) is 6.76. The fraction of sp³-hybridized carbons (Fsp3) is 0.444. The summed E-state index contributed by atoms with van der Waals surface area (Å²) in [6.45, 7) is 10.0. The van der Waals surface area contributed by atoms with Crippen LogP contribution in [-0.4, -0.2) is 26.7 Å². The highest BCUT2D eigenvalue weighted by Gasteiger charge is 2.25. The van der Waals surface area contributed by atoms with E-state index in [2.05, 4.69) is 30.7 Å². The van der Waals surface area contributed by atoms with E-state index in [0.29, 0.717) is 11.3 Å². The number of rotatable bonds is 12. The monoisotopic (exact) mass is 458 g/mol. The lowest BCUT2D eigenvalue weighted by atomic mass is 10.0. The maximum Gasteiger partial charge on any atom is 0.330 e. The van der Waals surface area contributed by atoms with Crippen LogP contribution in [0.25, 0.3) is 0 Å². The van der Waals surface area contributed by atoms with Crippen LogP contribution in [0.3, 0.4) is 0 Å². The molecule has 0 radical (unpaired) electrons. The molecule has 0 aliphatic rings. The van der Waals surface area contributed by atoms with E-state index in [1.165, 1.54) is 18.8 Å². The first-order chi connectivity index (χ1) is 15.1. The third kappa shape index (κ3) is 10.3. The molecule has 0 fully saturated rings. The van der Waals surface area contributed by atoms with Gasteiger partial charge >= 0.3 is 5.97 Å². The topological polar surface area (TPSA) is 60.4 Å². The lowest BCUT2D eigenvalue weighted by Crippen LogP contribution is -2.20. The summed E-state index contributed by atoms with van der Waals surface area (Å²) in [5.41, 5.74) is 4.30. The van der Waals surface area contributed by atoms with E-state index in [1.54, 1.807) is 24.3 Å². The number of methoxy groups -OCH3 is 1. The molecule has 1 atom stereocenters. The van der Waals surface area contributed by atoms with Crippen LogP contribution < -0.4 is 0 Å². The second-order valence-corrected chi connectivity index (χ2v) is 10.7. The van der Waals surface area contributed by atoms with Gasteiger partial charge in [0.15, 0.2) is 9.84 Å². The highest BCUT2D eigenvalue weighted by Crippen LogP contribution is 2.25. The van der Waals surface area contributed by atoms with Gasteiger partial charge in [0.2, 0.25) is 0 Å². The average Bonchev–Trinajstić information content (AvgIpc) is 2.73. The van der Waals surface area contributed by atoms with E-state index in [0.717, 1.165) is 42.4 Å². The lowest BCUT2D eigenvalue weighted by Gasteiger charge is -2.16. The second-order valence-electron chi connectivity index (χ2n) is 8.54. The Kier molecular flexibility index (Phi) is 12.0. The van der Waals surface area contributed by atoms with Crippen molar-refractivity contribution >= 4 is 15.8 Å². The summed E-state index contributed by atoms with van der Waals surface area (Å²) in [4.78, 5) is 11.7. The van der Waals surface area contributed by atoms with Gasteiger partial charge in [-0.1, -0.05) is 58.7 Å². The number of carbonyl (C=O) groups excluding carboxylic acids is 1. The molecule has 0 N–H and O–H groups in total. The van der Waals surface area contributed by atoms with E-state index in [-0.39, 0.29) is 5.97 Å². The predicted molar refractivity (Wildman–Crippen MR) is 133 cm³/mol. The van der Waals surface area contributed by atoms with E-state index in [4.69, 9.17) is 0 Å². The molecule has 0 aliphatic heterocycles. The molecule has 1 aromatic carbocycles. The van der Waals surface area contributed by atoms with Crippen LogP contribution in [0.4, 0.5) is 0 Å². The third-order valence-electron chi connectivity index (χ3n) is 5.15. The highest BCUT2D eigenvalue weighted by molar-refractivity contribution is 7.92. The molecule has 0 saturated carbocycles. The molecule has 0 aromatic heterocycles. The van der Waals surface area contributed by atoms with Gasteiger partial charge in [0.05, 0.1) is 17.3 Å². The van der Waals surface area contributed by atoms with Crippen LogP contribution in [0.1, 0.15) is 66.7 Å². The zero-order valence-corrected chi connectivity index (χ0v) is 21.2. The molecule has 0 heterocycles. The van der Waals surface area contributed by atoms with Crippen LogP contribution in [-0.2, 0) is 19.4 Å². The van der Waals surface area contributed by atoms with Crippen LogP contribution in [0, 0.1) is 0 Å². The van der Waals surface area contributed by atoms with Crippen LogP contribution in [0.2, 0.25) is 0 Å². The Morgan fingerprint density at radius 3 is 2.09 bits per heavy atom. The van der Waals surface area contributed by atoms with Gasteiger partial charge in [-0.25, -0.2) is 13.2 Å². The standard InChI is InChI=1S/C27H38O4S/c1-21(2)12-10-13-22(3)18-26(32(29,30)25-16-8-7-9-17-25)19-23(4)14-11-15-24(5)20-27(28)31-6/h7-9,12,14,16-18,20,26H,10-11,13,15,19H2,1-6H3. The summed E-state index contributed by atoms with van der Waals surface area (Å²) < 4.78 is 31.4. The molecular weight excluding hydrogens is 420 g/mol. The zero-order chi connectivity index (χ0) is 24.1. The van der Waals surface area contributed by atoms with Gasteiger partial charge in [0.25, 0.3) is 0 Å². The van der Waals surface area contributed by atoms with Crippen molar-refractivity contribution in [1.82, 2.24) is 0 Å². The molecule has 0 spiro atoms. The number of hydrogen-bond acceptors (Lipinski definition) is 4. The van der Waals surface area contributed by atoms with Gasteiger partial charge in [0.1, 0.15) is 0 Å². The minimum Gasteiger partial charge on any atom is -0.466 e. The van der Waals surface area contributed by atoms with E-state index in [1.807, 2.05) is 32.9 Å². The Morgan fingerprint density at radius 2 is 1.50 bits per heavy atom. The van der Waals surface area contributed by atoms with Gasteiger partial charge in [-0.15, -0.1) is 0 Å². The van der Waals surface area contributed by atoms with E-state index in [9.17, 15) is 13.2 Å². The first kappa shape index (κ1) is 27.6. The molecule has 32 heavy (non-hydrogen) atoms. The summed E-state index contributed by atoms with van der Waals surface area (Å²) in [5, 5.41) is -0.612. The Bertz CT molecular complexity index is 960. The first-order valence-corrected chi connectivity index (χ1v) is 12.6. The largest absolute Gasteiger partial charge is 0.466 e. The van der Waals surface area contributed by atoms with Gasteiger partial charge in [-0.3, -0.25) is 0 Å². The minimum atomic E-state index is -3.50. The summed E-state index contributed by atoms with van der Waals surface area (Å²) >= 11 is 0. The Hall–Kier alpha value is -2.40. The molecule has 1 rings (SSSR count). The third-order valence-corrected chi connectivity index (χ3v) is 7.18. The van der Waals surface area contributed by atoms with Crippen molar-refractivity contribution in [3.63, 3.8) is 0 Å². The van der Waals surface area contributed by atoms with Crippen molar-refractivity contribution in [2.45, 2.75) is 76.9 Å². The normalized spacial score (nSPS) is 14.1. The summed E-state index contributed by atoms with van der Waals surface area (Å²) in [5.74, 6) is -0.356. The van der Waals surface area contributed by atoms with Crippen molar-refractivity contribution in [3.05, 3.63) is 76.9 Å². The van der Waals surface area contributed by atoms with E-state index >= 15 is 0 Å². The zero-order valence-electron chi connectivity index (χ0n) is 20.4. The minimum absolute atomic E-state index is 0.350. The maximum atomic E-state index is 13.4. The summed E-state index contributed by atoms with van der Waals surface area (Å²) in [6.07, 6.45) is 11.3. The smallest absolute Gasteiger partial charge is 0.330 e. The maximum absolute atomic E-state index is 13.4. The van der Waals surface area contributed by atoms with Crippen molar-refractivity contribution in [3.8, 4) is 0 Å². The number of esters is 1. The quantitative estimate of drug-likeness (QED) is 0.197. The van der Waals surface area contributed by atoms with Crippen molar-refractivity contribution in [1.29, 1.82) is 0 Å². The Balaban J connectivity index is 3.04. The van der Waals surface area contributed by atoms with Crippen LogP contribution in [0.15, 0.2) is 81.8 Å². The molecule has 0 bridgehead atoms. The van der Waals surface area contributed by atoms with Gasteiger partial charge in [0, 0.05) is 6.08 Å². The number of ether oxygens (including phenoxy) is 1. The number of hydrogen-bond donors (Lipinski definition) is 0. The molecule has 4 nitrogen and oxygen atoms in total. The molecule has 1 unspecified atom stereocenters. The summed E-state index contributed by atoms with van der Waals surface area (Å²) in [7, 11) is -2.14. The number of allylic oxidation sites excluding steroid dienone is 6. The number of carbonyl (C=O) groups is 1. The van der Waals surface area contributed by atoms with Crippen LogP contribution in [0.5, 0.6) is 0 Å². The van der Waals surface area contributed by atoms with Crippen molar-refractivity contribution < 1.29 is 17.9 Å². The molecule has 176 valence electrons. The lowest BCUT2D eigenvalue weighted by molar-refractivity contribution is -0.134. The fourth-order valence-electron chi connectivity index (χ4n) is 3.31.